The van der Waals surface area contributed by atoms with Gasteiger partial charge in [-0.05, 0) is 54.7 Å². The third kappa shape index (κ3) is 5.59. The van der Waals surface area contributed by atoms with Gasteiger partial charge < -0.3 is 24.8 Å². The predicted molar refractivity (Wildman–Crippen MR) is 177 cm³/mol. The Kier molecular flexibility index (Phi) is 7.93. The molecule has 7 rings (SSSR count). The molecule has 2 amide bonds. The SMILES string of the molecule is C=CC(=O)N1CCC(N2CC(C#Cc3c(-c4ccc(Oc5ccccc5)cc4)c4c(N)ncnc4n3C3CC(=O)N(C)C3)C2)CC1. The number of amides is 2. The molecule has 1 atom stereocenters. The largest absolute Gasteiger partial charge is 0.457 e. The summed E-state index contributed by atoms with van der Waals surface area (Å²) >= 11 is 0. The molecule has 1 unspecified atom stereocenters. The molecule has 4 aromatic rings. The first-order valence-corrected chi connectivity index (χ1v) is 15.8. The maximum atomic E-state index is 12.7. The summed E-state index contributed by atoms with van der Waals surface area (Å²) in [6.45, 7) is 7.48. The van der Waals surface area contributed by atoms with Crippen molar-refractivity contribution in [1.82, 2.24) is 29.2 Å². The van der Waals surface area contributed by atoms with E-state index in [2.05, 4.69) is 37.9 Å². The zero-order valence-electron chi connectivity index (χ0n) is 25.9. The molecule has 46 heavy (non-hydrogen) atoms. The summed E-state index contributed by atoms with van der Waals surface area (Å²) in [5.41, 5.74) is 9.80. The normalized spacial score (nSPS) is 19.2. The molecule has 0 saturated carbocycles. The molecule has 3 aliphatic rings. The monoisotopic (exact) mass is 615 g/mol. The number of ether oxygens (including phenoxy) is 1. The van der Waals surface area contributed by atoms with Crippen molar-refractivity contribution < 1.29 is 14.3 Å². The van der Waals surface area contributed by atoms with Gasteiger partial charge >= 0.3 is 0 Å². The summed E-state index contributed by atoms with van der Waals surface area (Å²) in [5.74, 6) is 9.27. The fourth-order valence-electron chi connectivity index (χ4n) is 6.90. The van der Waals surface area contributed by atoms with Crippen LogP contribution in [-0.2, 0) is 9.59 Å². The van der Waals surface area contributed by atoms with Crippen LogP contribution in [0.4, 0.5) is 5.82 Å². The van der Waals surface area contributed by atoms with E-state index in [1.54, 1.807) is 4.90 Å². The van der Waals surface area contributed by atoms with Crippen LogP contribution in [0, 0.1) is 17.8 Å². The minimum Gasteiger partial charge on any atom is -0.457 e. The van der Waals surface area contributed by atoms with Crippen molar-refractivity contribution in [1.29, 1.82) is 0 Å². The van der Waals surface area contributed by atoms with Gasteiger partial charge in [-0.25, -0.2) is 9.97 Å². The number of anilines is 1. The fraction of sp³-hybridized carbons (Fsp3) is 0.333. The molecule has 10 heteroatoms. The van der Waals surface area contributed by atoms with Gasteiger partial charge in [-0.2, -0.15) is 0 Å². The first-order valence-electron chi connectivity index (χ1n) is 15.8. The highest BCUT2D eigenvalue weighted by Gasteiger charge is 2.35. The number of likely N-dealkylation sites (N-methyl/N-ethyl adjacent to an activating group) is 1. The summed E-state index contributed by atoms with van der Waals surface area (Å²) in [4.78, 5) is 39.8. The molecule has 5 heterocycles. The van der Waals surface area contributed by atoms with Crippen molar-refractivity contribution in [3.8, 4) is 34.5 Å². The molecule has 2 aromatic heterocycles. The van der Waals surface area contributed by atoms with Crippen LogP contribution in [0.5, 0.6) is 11.5 Å². The average Bonchev–Trinajstić information content (AvgIpc) is 3.57. The zero-order chi connectivity index (χ0) is 31.8. The third-order valence-corrected chi connectivity index (χ3v) is 9.39. The number of hydrogen-bond donors (Lipinski definition) is 1. The minimum absolute atomic E-state index is 0.0100. The van der Waals surface area contributed by atoms with E-state index in [9.17, 15) is 9.59 Å². The quantitative estimate of drug-likeness (QED) is 0.254. The average molecular weight is 616 g/mol. The van der Waals surface area contributed by atoms with Gasteiger partial charge in [0.1, 0.15) is 35.0 Å². The van der Waals surface area contributed by atoms with Crippen LogP contribution in [0.15, 0.2) is 73.6 Å². The number of nitrogens with two attached hydrogens (primary N) is 1. The van der Waals surface area contributed by atoms with Crippen LogP contribution in [0.1, 0.15) is 31.0 Å². The molecule has 234 valence electrons. The van der Waals surface area contributed by atoms with Gasteiger partial charge in [-0.1, -0.05) is 42.8 Å². The number of carbonyl (C=O) groups is 2. The highest BCUT2D eigenvalue weighted by atomic mass is 16.5. The Hall–Kier alpha value is -5.14. The van der Waals surface area contributed by atoms with E-state index in [1.807, 2.05) is 66.5 Å². The van der Waals surface area contributed by atoms with E-state index in [-0.39, 0.29) is 23.8 Å². The van der Waals surface area contributed by atoms with Crippen LogP contribution in [-0.4, -0.2) is 86.9 Å². The lowest BCUT2D eigenvalue weighted by Gasteiger charge is -2.45. The van der Waals surface area contributed by atoms with Gasteiger partial charge in [0.15, 0.2) is 0 Å². The Morgan fingerprint density at radius 1 is 1.00 bits per heavy atom. The summed E-state index contributed by atoms with van der Waals surface area (Å²) in [6, 6.07) is 17.9. The number of likely N-dealkylation sites (tertiary alicyclic amines) is 3. The van der Waals surface area contributed by atoms with Crippen molar-refractivity contribution in [3.63, 3.8) is 0 Å². The molecule has 0 spiro atoms. The number of nitrogens with zero attached hydrogens (tertiary/aromatic N) is 6. The van der Waals surface area contributed by atoms with Crippen LogP contribution < -0.4 is 10.5 Å². The molecule has 0 aliphatic carbocycles. The highest BCUT2D eigenvalue weighted by molar-refractivity contribution is 6.04. The second kappa shape index (κ2) is 12.3. The molecule has 3 aliphatic heterocycles. The predicted octanol–water partition coefficient (Wildman–Crippen LogP) is 4.34. The van der Waals surface area contributed by atoms with E-state index < -0.39 is 0 Å². The molecular formula is C36H37N7O3. The second-order valence-corrected chi connectivity index (χ2v) is 12.3. The lowest BCUT2D eigenvalue weighted by atomic mass is 9.93. The smallest absolute Gasteiger partial charge is 0.245 e. The summed E-state index contributed by atoms with van der Waals surface area (Å²) in [6.07, 6.45) is 5.16. The number of piperidine rings is 1. The topological polar surface area (TPSA) is 110 Å². The Bertz CT molecular complexity index is 1840. The fourth-order valence-corrected chi connectivity index (χ4v) is 6.90. The van der Waals surface area contributed by atoms with Gasteiger partial charge in [0.2, 0.25) is 11.8 Å². The van der Waals surface area contributed by atoms with Gasteiger partial charge in [0.25, 0.3) is 0 Å². The van der Waals surface area contributed by atoms with Gasteiger partial charge in [-0.3, -0.25) is 14.5 Å². The minimum atomic E-state index is -0.130. The van der Waals surface area contributed by atoms with Crippen LogP contribution in [0.3, 0.4) is 0 Å². The molecule has 0 radical (unpaired) electrons. The Balaban J connectivity index is 1.21. The van der Waals surface area contributed by atoms with E-state index in [0.717, 1.165) is 67.0 Å². The molecule has 2 N–H and O–H groups in total. The maximum Gasteiger partial charge on any atom is 0.245 e. The Morgan fingerprint density at radius 2 is 1.72 bits per heavy atom. The van der Waals surface area contributed by atoms with Crippen molar-refractivity contribution in [3.05, 3.63) is 79.3 Å². The van der Waals surface area contributed by atoms with Crippen molar-refractivity contribution in [2.24, 2.45) is 5.92 Å². The van der Waals surface area contributed by atoms with Crippen molar-refractivity contribution in [2.75, 3.05) is 45.5 Å². The Morgan fingerprint density at radius 3 is 2.39 bits per heavy atom. The number of benzene rings is 2. The van der Waals surface area contributed by atoms with Gasteiger partial charge in [0, 0.05) is 63.7 Å². The number of aromatic nitrogens is 3. The number of fused-ring (bicyclic) bond motifs is 1. The van der Waals surface area contributed by atoms with E-state index in [4.69, 9.17) is 10.5 Å². The number of rotatable bonds is 6. The van der Waals surface area contributed by atoms with Gasteiger partial charge in [-0.15, -0.1) is 0 Å². The Labute approximate surface area is 268 Å². The van der Waals surface area contributed by atoms with Crippen molar-refractivity contribution >= 4 is 28.7 Å². The van der Waals surface area contributed by atoms with Crippen LogP contribution >= 0.6 is 0 Å². The van der Waals surface area contributed by atoms with E-state index in [0.29, 0.717) is 36.2 Å². The first-order chi connectivity index (χ1) is 22.4. The number of nitrogen functional groups attached to an aromatic ring is 1. The van der Waals surface area contributed by atoms with Crippen molar-refractivity contribution in [2.45, 2.75) is 31.3 Å². The molecule has 3 fully saturated rings. The third-order valence-electron chi connectivity index (χ3n) is 9.39. The molecule has 3 saturated heterocycles. The summed E-state index contributed by atoms with van der Waals surface area (Å²) in [7, 11) is 1.83. The van der Waals surface area contributed by atoms with Crippen LogP contribution in [0.2, 0.25) is 0 Å². The molecular weight excluding hydrogens is 578 g/mol. The van der Waals surface area contributed by atoms with Crippen LogP contribution in [0.25, 0.3) is 22.2 Å². The first kappa shape index (κ1) is 29.6. The number of hydrogen-bond acceptors (Lipinski definition) is 7. The van der Waals surface area contributed by atoms with E-state index in [1.165, 1.54) is 12.4 Å². The lowest BCUT2D eigenvalue weighted by molar-refractivity contribution is -0.128. The van der Waals surface area contributed by atoms with Gasteiger partial charge in [0.05, 0.1) is 11.4 Å². The standard InChI is InChI=1S/C36H37N7O3/c1-3-31(44)41-17-15-26(16-18-41)42-20-24(21-42)9-14-30-33(25-10-12-29(13-11-25)46-28-7-5-4-6-8-28)34-35(37)38-23-39-36(34)43(30)27-19-32(45)40(2)22-27/h3-8,10-13,23-24,26-27H,1,15-22H2,2H3,(H2,37,38,39). The molecule has 0 bridgehead atoms. The summed E-state index contributed by atoms with van der Waals surface area (Å²) < 4.78 is 8.16. The number of para-hydroxylation sites is 1. The number of carbonyl (C=O) groups excluding carboxylic acids is 2. The maximum absolute atomic E-state index is 12.7. The zero-order valence-corrected chi connectivity index (χ0v) is 25.9. The lowest BCUT2D eigenvalue weighted by Crippen LogP contribution is -2.55. The highest BCUT2D eigenvalue weighted by Crippen LogP contribution is 2.41. The molecule has 10 nitrogen and oxygen atoms in total. The van der Waals surface area contributed by atoms with E-state index >= 15 is 0 Å². The molecule has 2 aromatic carbocycles. The summed E-state index contributed by atoms with van der Waals surface area (Å²) in [5, 5.41) is 0.738. The second-order valence-electron chi connectivity index (χ2n) is 12.3.